The number of nitriles is 1. The Labute approximate surface area is 53.0 Å². The fourth-order valence-corrected chi connectivity index (χ4v) is 0.730. The monoisotopic (exact) mass is 122 g/mol. The van der Waals surface area contributed by atoms with Gasteiger partial charge in [-0.15, -0.1) is 0 Å². The fourth-order valence-electron chi connectivity index (χ4n) is 0.730. The number of hydrogen-bond acceptors (Lipinski definition) is 2. The van der Waals surface area contributed by atoms with Crippen LogP contribution in [-0.4, -0.2) is 12.5 Å². The third kappa shape index (κ3) is 0.789. The summed E-state index contributed by atoms with van der Waals surface area (Å²) in [6.45, 7) is 2.30. The van der Waals surface area contributed by atoms with E-state index >= 15 is 0 Å². The van der Waals surface area contributed by atoms with E-state index in [0.717, 1.165) is 5.57 Å². The van der Waals surface area contributed by atoms with Crippen LogP contribution in [0, 0.1) is 11.3 Å². The second-order valence-corrected chi connectivity index (χ2v) is 1.95. The highest BCUT2D eigenvalue weighted by Crippen LogP contribution is 2.07. The molecule has 0 unspecified atom stereocenters. The fraction of sp³-hybridized carbons (Fsp3) is 0.333. The number of rotatable bonds is 0. The van der Waals surface area contributed by atoms with Crippen molar-refractivity contribution < 1.29 is 4.79 Å². The van der Waals surface area contributed by atoms with Crippen LogP contribution in [0.15, 0.2) is 11.1 Å². The van der Waals surface area contributed by atoms with Gasteiger partial charge in [0.05, 0.1) is 0 Å². The minimum atomic E-state index is -0.241. The van der Waals surface area contributed by atoms with E-state index < -0.39 is 0 Å². The normalized spacial score (nSPS) is 17.6. The van der Waals surface area contributed by atoms with Crippen LogP contribution in [0.25, 0.3) is 0 Å². The lowest BCUT2D eigenvalue weighted by Crippen LogP contribution is -2.16. The van der Waals surface area contributed by atoms with Crippen molar-refractivity contribution in [1.29, 1.82) is 5.26 Å². The Hall–Kier alpha value is -1.30. The second kappa shape index (κ2) is 1.90. The smallest absolute Gasteiger partial charge is 0.262 e. The molecule has 0 saturated carbocycles. The van der Waals surface area contributed by atoms with Crippen LogP contribution in [0.5, 0.6) is 0 Å². The van der Waals surface area contributed by atoms with Crippen molar-refractivity contribution in [1.82, 2.24) is 5.32 Å². The molecule has 1 N–H and O–H groups in total. The first-order valence-electron chi connectivity index (χ1n) is 2.63. The minimum absolute atomic E-state index is 0.241. The van der Waals surface area contributed by atoms with Crippen molar-refractivity contribution in [2.45, 2.75) is 6.92 Å². The Morgan fingerprint density at radius 3 is 2.67 bits per heavy atom. The highest BCUT2D eigenvalue weighted by atomic mass is 16.1. The standard InChI is InChI=1S/C6H6N2O/c1-4-3-8-6(9)5(4)2-7/h3H2,1H3,(H,8,9). The van der Waals surface area contributed by atoms with Gasteiger partial charge in [0, 0.05) is 6.54 Å². The molecule has 1 rings (SSSR count). The molecule has 9 heavy (non-hydrogen) atoms. The topological polar surface area (TPSA) is 52.9 Å². The molecule has 0 bridgehead atoms. The Bertz CT molecular complexity index is 222. The molecule has 1 amide bonds. The average Bonchev–Trinajstić information content (AvgIpc) is 2.12. The summed E-state index contributed by atoms with van der Waals surface area (Å²) < 4.78 is 0. The number of amides is 1. The molecule has 0 aromatic heterocycles. The van der Waals surface area contributed by atoms with Crippen LogP contribution in [0.3, 0.4) is 0 Å². The zero-order chi connectivity index (χ0) is 6.85. The van der Waals surface area contributed by atoms with Gasteiger partial charge in [0.25, 0.3) is 5.91 Å². The largest absolute Gasteiger partial charge is 0.348 e. The van der Waals surface area contributed by atoms with Gasteiger partial charge in [-0.3, -0.25) is 4.79 Å². The van der Waals surface area contributed by atoms with E-state index in [9.17, 15) is 4.79 Å². The SMILES string of the molecule is CC1=C(C#N)C(=O)NC1. The minimum Gasteiger partial charge on any atom is -0.348 e. The summed E-state index contributed by atoms with van der Waals surface area (Å²) in [6.07, 6.45) is 0. The zero-order valence-corrected chi connectivity index (χ0v) is 5.06. The van der Waals surface area contributed by atoms with E-state index in [1.807, 2.05) is 6.07 Å². The maximum absolute atomic E-state index is 10.6. The molecule has 3 nitrogen and oxygen atoms in total. The van der Waals surface area contributed by atoms with Gasteiger partial charge < -0.3 is 5.32 Å². The Morgan fingerprint density at radius 1 is 1.78 bits per heavy atom. The number of nitrogens with one attached hydrogen (secondary N) is 1. The van der Waals surface area contributed by atoms with Crippen LogP contribution in [-0.2, 0) is 4.79 Å². The van der Waals surface area contributed by atoms with Crippen LogP contribution in [0.4, 0.5) is 0 Å². The number of carbonyl (C=O) groups excluding carboxylic acids is 1. The van der Waals surface area contributed by atoms with Gasteiger partial charge in [-0.25, -0.2) is 0 Å². The first kappa shape index (κ1) is 5.83. The maximum Gasteiger partial charge on any atom is 0.262 e. The van der Waals surface area contributed by atoms with E-state index in [-0.39, 0.29) is 11.5 Å². The van der Waals surface area contributed by atoms with Crippen LogP contribution in [0.2, 0.25) is 0 Å². The number of carbonyl (C=O) groups is 1. The Balaban J connectivity index is 2.99. The third-order valence-corrected chi connectivity index (χ3v) is 1.28. The summed E-state index contributed by atoms with van der Waals surface area (Å²) in [7, 11) is 0. The molecule has 0 saturated heterocycles. The molecule has 0 atom stereocenters. The van der Waals surface area contributed by atoms with E-state index in [1.165, 1.54) is 0 Å². The molecule has 1 heterocycles. The molecular weight excluding hydrogens is 116 g/mol. The van der Waals surface area contributed by atoms with Crippen LogP contribution < -0.4 is 5.32 Å². The van der Waals surface area contributed by atoms with E-state index in [4.69, 9.17) is 5.26 Å². The molecular formula is C6H6N2O. The lowest BCUT2D eigenvalue weighted by molar-refractivity contribution is -0.116. The number of hydrogen-bond donors (Lipinski definition) is 1. The molecule has 0 spiro atoms. The summed E-state index contributed by atoms with van der Waals surface area (Å²) in [6, 6.07) is 1.83. The number of nitrogens with zero attached hydrogens (tertiary/aromatic N) is 1. The summed E-state index contributed by atoms with van der Waals surface area (Å²) in [5, 5.41) is 10.9. The predicted octanol–water partition coefficient (Wildman–Crippen LogP) is -0.0437. The molecule has 0 aromatic carbocycles. The summed E-state index contributed by atoms with van der Waals surface area (Å²) in [5.41, 5.74) is 1.11. The first-order valence-corrected chi connectivity index (χ1v) is 2.63. The highest BCUT2D eigenvalue weighted by Gasteiger charge is 2.17. The quantitative estimate of drug-likeness (QED) is 0.490. The van der Waals surface area contributed by atoms with Crippen molar-refractivity contribution in [2.75, 3.05) is 6.54 Å². The van der Waals surface area contributed by atoms with Crippen molar-refractivity contribution in [3.05, 3.63) is 11.1 Å². The Kier molecular flexibility index (Phi) is 1.23. The van der Waals surface area contributed by atoms with Crippen LogP contribution in [0.1, 0.15) is 6.92 Å². The Morgan fingerprint density at radius 2 is 2.44 bits per heavy atom. The first-order chi connectivity index (χ1) is 4.25. The van der Waals surface area contributed by atoms with Gasteiger partial charge in [-0.2, -0.15) is 5.26 Å². The summed E-state index contributed by atoms with van der Waals surface area (Å²) in [4.78, 5) is 10.6. The van der Waals surface area contributed by atoms with Gasteiger partial charge in [0.1, 0.15) is 11.6 Å². The second-order valence-electron chi connectivity index (χ2n) is 1.95. The van der Waals surface area contributed by atoms with Crippen molar-refractivity contribution >= 4 is 5.91 Å². The maximum atomic E-state index is 10.6. The van der Waals surface area contributed by atoms with Gasteiger partial charge >= 0.3 is 0 Å². The highest BCUT2D eigenvalue weighted by molar-refractivity contribution is 6.00. The van der Waals surface area contributed by atoms with Crippen molar-refractivity contribution in [2.24, 2.45) is 0 Å². The molecule has 0 aliphatic carbocycles. The average molecular weight is 122 g/mol. The molecule has 0 radical (unpaired) electrons. The van der Waals surface area contributed by atoms with Gasteiger partial charge in [-0.05, 0) is 12.5 Å². The van der Waals surface area contributed by atoms with Crippen molar-refractivity contribution in [3.8, 4) is 6.07 Å². The molecule has 1 aliphatic heterocycles. The molecule has 3 heteroatoms. The van der Waals surface area contributed by atoms with E-state index in [2.05, 4.69) is 5.32 Å². The lowest BCUT2D eigenvalue weighted by atomic mass is 10.2. The molecule has 46 valence electrons. The van der Waals surface area contributed by atoms with Gasteiger partial charge in [0.15, 0.2) is 0 Å². The van der Waals surface area contributed by atoms with Crippen LogP contribution >= 0.6 is 0 Å². The van der Waals surface area contributed by atoms with E-state index in [1.54, 1.807) is 6.92 Å². The third-order valence-electron chi connectivity index (χ3n) is 1.28. The summed E-state index contributed by atoms with van der Waals surface area (Å²) in [5.74, 6) is -0.241. The van der Waals surface area contributed by atoms with Crippen molar-refractivity contribution in [3.63, 3.8) is 0 Å². The molecule has 0 fully saturated rings. The van der Waals surface area contributed by atoms with Gasteiger partial charge in [-0.1, -0.05) is 0 Å². The van der Waals surface area contributed by atoms with Gasteiger partial charge in [0.2, 0.25) is 0 Å². The zero-order valence-electron chi connectivity index (χ0n) is 5.06. The van der Waals surface area contributed by atoms with E-state index in [0.29, 0.717) is 6.54 Å². The molecule has 0 aromatic rings. The lowest BCUT2D eigenvalue weighted by Gasteiger charge is -1.84. The summed E-state index contributed by atoms with van der Waals surface area (Å²) >= 11 is 0. The predicted molar refractivity (Wildman–Crippen MR) is 31.3 cm³/mol. The molecule has 1 aliphatic rings.